The van der Waals surface area contributed by atoms with Gasteiger partial charge in [-0.25, -0.2) is 15.0 Å². The van der Waals surface area contributed by atoms with Crippen LogP contribution in [0, 0.1) is 0 Å². The van der Waals surface area contributed by atoms with Crippen molar-refractivity contribution < 1.29 is 0 Å². The summed E-state index contributed by atoms with van der Waals surface area (Å²) in [5.74, 6) is 9.42. The molecule has 2 aromatic rings. The zero-order valence-corrected chi connectivity index (χ0v) is 15.0. The molecule has 0 bridgehead atoms. The molecular weight excluding hydrogens is 337 g/mol. The Balaban J connectivity index is 0.00000117. The third-order valence-corrected chi connectivity index (χ3v) is 4.00. The Kier molecular flexibility index (Phi) is 10.3. The highest BCUT2D eigenvalue weighted by molar-refractivity contribution is 5.85. The largest absolute Gasteiger partial charge is 0.342 e. The molecule has 23 heavy (non-hydrogen) atoms. The zero-order valence-electron chi connectivity index (χ0n) is 13.4. The van der Waals surface area contributed by atoms with Crippen LogP contribution in [0.2, 0.25) is 0 Å². The lowest BCUT2D eigenvalue weighted by Crippen LogP contribution is -2.26. The van der Waals surface area contributed by atoms with Crippen LogP contribution >= 0.6 is 24.8 Å². The van der Waals surface area contributed by atoms with Gasteiger partial charge in [0, 0.05) is 12.0 Å². The number of nitrogens with one attached hydrogen (secondary N) is 1. The molecule has 0 aromatic carbocycles. The second kappa shape index (κ2) is 10.7. The van der Waals surface area contributed by atoms with Crippen LogP contribution in [0.15, 0.2) is 6.33 Å². The highest BCUT2D eigenvalue weighted by Gasteiger charge is 2.23. The minimum atomic E-state index is 0. The average molecular weight is 364 g/mol. The summed E-state index contributed by atoms with van der Waals surface area (Å²) < 4.78 is 0. The molecule has 0 spiro atoms. The van der Waals surface area contributed by atoms with Crippen LogP contribution in [0.1, 0.15) is 56.5 Å². The van der Waals surface area contributed by atoms with E-state index in [0.717, 1.165) is 61.2 Å². The highest BCUT2D eigenvalue weighted by atomic mass is 35.5. The maximum Gasteiger partial charge on any atom is 0.181 e. The van der Waals surface area contributed by atoms with Gasteiger partial charge in [0.1, 0.15) is 11.3 Å². The molecule has 1 aliphatic carbocycles. The standard InChI is InChI=1S/C14H21N5.2ClH.H4N2/c1-2-3-11-12-14(17-8-16-12)19-13(18-11)9-4-6-10(15)7-5-9;;;1-2/h8-10H,2-7,15H2,1H3,(H,16,17,18,19);2*1H;1-2H2. The molecule has 0 atom stereocenters. The molecule has 2 heterocycles. The van der Waals surface area contributed by atoms with E-state index in [9.17, 15) is 0 Å². The lowest BCUT2D eigenvalue weighted by atomic mass is 9.86. The highest BCUT2D eigenvalue weighted by Crippen LogP contribution is 2.31. The predicted octanol–water partition coefficient (Wildman–Crippen LogP) is 1.95. The van der Waals surface area contributed by atoms with Crippen LogP contribution in [-0.4, -0.2) is 26.0 Å². The van der Waals surface area contributed by atoms with Gasteiger partial charge in [0.25, 0.3) is 0 Å². The van der Waals surface area contributed by atoms with E-state index in [2.05, 4.69) is 33.6 Å². The molecule has 132 valence electrons. The van der Waals surface area contributed by atoms with Gasteiger partial charge in [0.15, 0.2) is 5.65 Å². The number of hydrazine groups is 1. The zero-order chi connectivity index (χ0) is 15.2. The molecule has 3 rings (SSSR count). The summed E-state index contributed by atoms with van der Waals surface area (Å²) in [4.78, 5) is 16.9. The van der Waals surface area contributed by atoms with E-state index >= 15 is 0 Å². The van der Waals surface area contributed by atoms with E-state index in [1.165, 1.54) is 0 Å². The fourth-order valence-electron chi connectivity index (χ4n) is 2.89. The summed E-state index contributed by atoms with van der Waals surface area (Å²) in [6, 6.07) is 0.362. The first kappa shape index (κ1) is 22.0. The molecule has 2 aromatic heterocycles. The molecule has 0 amide bonds. The SMILES string of the molecule is CCCc1nc(C2CCC(N)CC2)nc2nc[nH]c12.Cl.Cl.NN. The van der Waals surface area contributed by atoms with Crippen molar-refractivity contribution in [2.75, 3.05) is 0 Å². The maximum atomic E-state index is 5.97. The fraction of sp³-hybridized carbons (Fsp3) is 0.643. The number of halogens is 2. The number of rotatable bonds is 3. The lowest BCUT2D eigenvalue weighted by molar-refractivity contribution is 0.384. The Morgan fingerprint density at radius 1 is 1.13 bits per heavy atom. The van der Waals surface area contributed by atoms with Crippen LogP contribution < -0.4 is 17.4 Å². The van der Waals surface area contributed by atoms with Crippen molar-refractivity contribution in [3.8, 4) is 0 Å². The maximum absolute atomic E-state index is 5.97. The van der Waals surface area contributed by atoms with Gasteiger partial charge in [0.2, 0.25) is 0 Å². The summed E-state index contributed by atoms with van der Waals surface area (Å²) in [5.41, 5.74) is 8.88. The topological polar surface area (TPSA) is 133 Å². The Morgan fingerprint density at radius 2 is 1.78 bits per heavy atom. The van der Waals surface area contributed by atoms with Crippen molar-refractivity contribution in [1.29, 1.82) is 0 Å². The fourth-order valence-corrected chi connectivity index (χ4v) is 2.89. The number of hydrogen-bond acceptors (Lipinski definition) is 6. The third-order valence-electron chi connectivity index (χ3n) is 4.00. The molecule has 0 aliphatic heterocycles. The number of H-pyrrole nitrogens is 1. The molecule has 1 saturated carbocycles. The molecule has 9 heteroatoms. The van der Waals surface area contributed by atoms with Crippen LogP contribution in [0.25, 0.3) is 11.2 Å². The summed E-state index contributed by atoms with van der Waals surface area (Å²) in [5, 5.41) is 0. The summed E-state index contributed by atoms with van der Waals surface area (Å²) >= 11 is 0. The quantitative estimate of drug-likeness (QED) is 0.486. The Morgan fingerprint density at radius 3 is 2.39 bits per heavy atom. The molecule has 1 fully saturated rings. The minimum absolute atomic E-state index is 0. The molecule has 0 radical (unpaired) electrons. The summed E-state index contributed by atoms with van der Waals surface area (Å²) in [6.45, 7) is 2.17. The molecule has 1 aliphatic rings. The van der Waals surface area contributed by atoms with Crippen molar-refractivity contribution in [2.24, 2.45) is 17.4 Å². The monoisotopic (exact) mass is 363 g/mol. The average Bonchev–Trinajstić information content (AvgIpc) is 2.99. The smallest absolute Gasteiger partial charge is 0.181 e. The van der Waals surface area contributed by atoms with Gasteiger partial charge in [-0.3, -0.25) is 11.7 Å². The van der Waals surface area contributed by atoms with Crippen LogP contribution in [-0.2, 0) is 6.42 Å². The van der Waals surface area contributed by atoms with Crippen molar-refractivity contribution in [3.05, 3.63) is 17.8 Å². The van der Waals surface area contributed by atoms with Crippen molar-refractivity contribution in [3.63, 3.8) is 0 Å². The van der Waals surface area contributed by atoms with Gasteiger partial charge in [0.05, 0.1) is 12.0 Å². The summed E-state index contributed by atoms with van der Waals surface area (Å²) in [6.07, 6.45) is 8.12. The van der Waals surface area contributed by atoms with E-state index in [4.69, 9.17) is 10.7 Å². The lowest BCUT2D eigenvalue weighted by Gasteiger charge is -2.25. The van der Waals surface area contributed by atoms with E-state index < -0.39 is 0 Å². The molecule has 7 nitrogen and oxygen atoms in total. The first-order valence-corrected chi connectivity index (χ1v) is 7.56. The molecular formula is C14H27Cl2N7. The van der Waals surface area contributed by atoms with Gasteiger partial charge in [-0.05, 0) is 32.1 Å². The van der Waals surface area contributed by atoms with Gasteiger partial charge in [-0.15, -0.1) is 24.8 Å². The molecule has 0 saturated heterocycles. The Bertz CT molecular complexity index is 567. The first-order valence-electron chi connectivity index (χ1n) is 7.56. The van der Waals surface area contributed by atoms with Gasteiger partial charge >= 0.3 is 0 Å². The van der Waals surface area contributed by atoms with Crippen molar-refractivity contribution in [1.82, 2.24) is 19.9 Å². The van der Waals surface area contributed by atoms with Crippen LogP contribution in [0.3, 0.4) is 0 Å². The van der Waals surface area contributed by atoms with Crippen molar-refractivity contribution in [2.45, 2.75) is 57.4 Å². The van der Waals surface area contributed by atoms with Gasteiger partial charge < -0.3 is 10.7 Å². The van der Waals surface area contributed by atoms with Gasteiger partial charge in [-0.2, -0.15) is 0 Å². The third kappa shape index (κ3) is 5.26. The number of fused-ring (bicyclic) bond motifs is 1. The number of hydrogen-bond donors (Lipinski definition) is 4. The Labute approximate surface area is 149 Å². The van der Waals surface area contributed by atoms with Crippen molar-refractivity contribution >= 4 is 36.0 Å². The van der Waals surface area contributed by atoms with Crippen LogP contribution in [0.5, 0.6) is 0 Å². The number of aryl methyl sites for hydroxylation is 1. The number of aromatic amines is 1. The van der Waals surface area contributed by atoms with E-state index in [0.29, 0.717) is 12.0 Å². The number of nitrogens with two attached hydrogens (primary N) is 3. The van der Waals surface area contributed by atoms with Crippen LogP contribution in [0.4, 0.5) is 0 Å². The van der Waals surface area contributed by atoms with Gasteiger partial charge in [-0.1, -0.05) is 13.3 Å². The van der Waals surface area contributed by atoms with E-state index in [1.54, 1.807) is 6.33 Å². The van der Waals surface area contributed by atoms with E-state index in [1.807, 2.05) is 0 Å². The van der Waals surface area contributed by atoms with E-state index in [-0.39, 0.29) is 24.8 Å². The normalized spacial score (nSPS) is 20.0. The predicted molar refractivity (Wildman–Crippen MR) is 97.7 cm³/mol. The minimum Gasteiger partial charge on any atom is -0.342 e. The molecule has 0 unspecified atom stereocenters. The first-order chi connectivity index (χ1) is 10.3. The second-order valence-corrected chi connectivity index (χ2v) is 5.49. The number of nitrogens with zero attached hydrogens (tertiary/aromatic N) is 3. The number of imidazole rings is 1. The summed E-state index contributed by atoms with van der Waals surface area (Å²) in [7, 11) is 0. The molecule has 7 N–H and O–H groups in total. The number of aromatic nitrogens is 4. The Hall–Kier alpha value is -0.990. The second-order valence-electron chi connectivity index (χ2n) is 5.49.